The Morgan fingerprint density at radius 1 is 0.909 bits per heavy atom. The lowest BCUT2D eigenvalue weighted by molar-refractivity contribution is 0.544. The van der Waals surface area contributed by atoms with E-state index in [0.717, 1.165) is 5.92 Å². The van der Waals surface area contributed by atoms with Crippen molar-refractivity contribution in [3.05, 3.63) is 35.4 Å². The highest BCUT2D eigenvalue weighted by Crippen LogP contribution is 2.05. The minimum Gasteiger partial charge on any atom is -0.0776 e. The summed E-state index contributed by atoms with van der Waals surface area (Å²) in [5.74, 6) is 0.935. The number of benzene rings is 1. The lowest BCUT2D eigenvalue weighted by atomic mass is 10.1. The van der Waals surface area contributed by atoms with E-state index in [0.29, 0.717) is 0 Å². The smallest absolute Gasteiger partial charge is 0.0281 e. The predicted molar refractivity (Wildman–Crippen MR) is 109 cm³/mol. The van der Waals surface area contributed by atoms with Gasteiger partial charge in [-0.05, 0) is 24.8 Å². The summed E-state index contributed by atoms with van der Waals surface area (Å²) >= 11 is 0. The molecular weight excluding hydrogens is 264 g/mol. The highest BCUT2D eigenvalue weighted by Gasteiger charge is 1.89. The number of aryl methyl sites for hydroxylation is 2. The van der Waals surface area contributed by atoms with Crippen molar-refractivity contribution in [2.75, 3.05) is 0 Å². The van der Waals surface area contributed by atoms with E-state index in [9.17, 15) is 0 Å². The second-order valence-electron chi connectivity index (χ2n) is 5.37. The Morgan fingerprint density at radius 3 is 1.64 bits per heavy atom. The largest absolute Gasteiger partial charge is 0.0776 e. The summed E-state index contributed by atoms with van der Waals surface area (Å²) in [6.45, 7) is 19.3. The van der Waals surface area contributed by atoms with Crippen molar-refractivity contribution >= 4 is 0 Å². The van der Waals surface area contributed by atoms with E-state index in [-0.39, 0.29) is 7.43 Å². The van der Waals surface area contributed by atoms with Crippen molar-refractivity contribution in [1.29, 1.82) is 0 Å². The average Bonchev–Trinajstić information content (AvgIpc) is 2.50. The first-order valence-corrected chi connectivity index (χ1v) is 9.10. The molecule has 0 spiro atoms. The minimum atomic E-state index is 0. The molecular formula is C22H46. The lowest BCUT2D eigenvalue weighted by Crippen LogP contribution is -1.85. The van der Waals surface area contributed by atoms with Gasteiger partial charge in [0.25, 0.3) is 0 Å². The van der Waals surface area contributed by atoms with Crippen molar-refractivity contribution in [1.82, 2.24) is 0 Å². The van der Waals surface area contributed by atoms with Gasteiger partial charge in [0.2, 0.25) is 0 Å². The van der Waals surface area contributed by atoms with E-state index in [1.807, 2.05) is 13.8 Å². The third kappa shape index (κ3) is 24.3. The molecule has 0 fully saturated rings. The first-order valence-electron chi connectivity index (χ1n) is 9.10. The van der Waals surface area contributed by atoms with E-state index in [2.05, 4.69) is 72.7 Å². The van der Waals surface area contributed by atoms with Crippen LogP contribution in [0.3, 0.4) is 0 Å². The summed E-state index contributed by atoms with van der Waals surface area (Å²) in [6, 6.07) is 8.71. The van der Waals surface area contributed by atoms with Gasteiger partial charge in [-0.25, -0.2) is 0 Å². The molecule has 1 rings (SSSR count). The zero-order valence-electron chi connectivity index (χ0n) is 16.4. The molecule has 0 radical (unpaired) electrons. The molecule has 1 aromatic rings. The maximum atomic E-state index is 2.28. The summed E-state index contributed by atoms with van der Waals surface area (Å²) in [4.78, 5) is 0. The Labute approximate surface area is 143 Å². The normalized spacial score (nSPS) is 8.27. The SMILES string of the molecule is C.CC.CCC.CCC(C)CC.CCCc1cccc(C)c1. The third-order valence-electron chi connectivity index (χ3n) is 3.02. The molecule has 0 saturated carbocycles. The van der Waals surface area contributed by atoms with E-state index in [1.54, 1.807) is 0 Å². The van der Waals surface area contributed by atoms with Gasteiger partial charge in [0, 0.05) is 0 Å². The van der Waals surface area contributed by atoms with Gasteiger partial charge in [-0.3, -0.25) is 0 Å². The molecule has 0 heterocycles. The van der Waals surface area contributed by atoms with E-state index in [4.69, 9.17) is 0 Å². The van der Waals surface area contributed by atoms with Gasteiger partial charge in [-0.15, -0.1) is 0 Å². The average molecular weight is 311 g/mol. The van der Waals surface area contributed by atoms with Crippen LogP contribution in [0.1, 0.15) is 99.6 Å². The minimum absolute atomic E-state index is 0. The maximum absolute atomic E-state index is 2.28. The van der Waals surface area contributed by atoms with Gasteiger partial charge < -0.3 is 0 Å². The highest BCUT2D eigenvalue weighted by molar-refractivity contribution is 5.21. The first kappa shape index (κ1) is 29.3. The van der Waals surface area contributed by atoms with Crippen LogP contribution < -0.4 is 0 Å². The van der Waals surface area contributed by atoms with Gasteiger partial charge in [0.15, 0.2) is 0 Å². The fourth-order valence-electron chi connectivity index (χ4n) is 1.45. The van der Waals surface area contributed by atoms with Crippen LogP contribution in [0.2, 0.25) is 0 Å². The second-order valence-corrected chi connectivity index (χ2v) is 5.37. The van der Waals surface area contributed by atoms with E-state index >= 15 is 0 Å². The summed E-state index contributed by atoms with van der Waals surface area (Å²) in [5.41, 5.74) is 2.83. The molecule has 0 aliphatic carbocycles. The molecule has 1 aromatic carbocycles. The highest BCUT2D eigenvalue weighted by atomic mass is 14.0. The third-order valence-corrected chi connectivity index (χ3v) is 3.02. The molecule has 0 unspecified atom stereocenters. The molecule has 0 aliphatic rings. The van der Waals surface area contributed by atoms with Crippen molar-refractivity contribution < 1.29 is 0 Å². The summed E-state index contributed by atoms with van der Waals surface area (Å²) in [7, 11) is 0. The van der Waals surface area contributed by atoms with Gasteiger partial charge >= 0.3 is 0 Å². The maximum Gasteiger partial charge on any atom is -0.0281 e. The van der Waals surface area contributed by atoms with Crippen molar-refractivity contribution in [3.8, 4) is 0 Å². The molecule has 0 atom stereocenters. The molecule has 0 saturated heterocycles. The van der Waals surface area contributed by atoms with Gasteiger partial charge in [-0.1, -0.05) is 118 Å². The predicted octanol–water partition coefficient (Wildman–Crippen LogP) is 8.47. The topological polar surface area (TPSA) is 0 Å². The zero-order valence-corrected chi connectivity index (χ0v) is 16.4. The quantitative estimate of drug-likeness (QED) is 0.523. The number of hydrogen-bond acceptors (Lipinski definition) is 0. The van der Waals surface area contributed by atoms with Crippen LogP contribution in [0.25, 0.3) is 0 Å². The fourth-order valence-corrected chi connectivity index (χ4v) is 1.45. The monoisotopic (exact) mass is 310 g/mol. The van der Waals surface area contributed by atoms with E-state index in [1.165, 1.54) is 43.2 Å². The Balaban J connectivity index is -0.000000117. The second kappa shape index (κ2) is 25.2. The summed E-state index contributed by atoms with van der Waals surface area (Å²) < 4.78 is 0. The van der Waals surface area contributed by atoms with Crippen LogP contribution in [0, 0.1) is 12.8 Å². The molecule has 0 aliphatic heterocycles. The first-order chi connectivity index (χ1) is 10.0. The van der Waals surface area contributed by atoms with Gasteiger partial charge in [-0.2, -0.15) is 0 Å². The molecule has 0 bridgehead atoms. The molecule has 0 aromatic heterocycles. The number of rotatable bonds is 4. The van der Waals surface area contributed by atoms with Crippen LogP contribution in [0.4, 0.5) is 0 Å². The lowest BCUT2D eigenvalue weighted by Gasteiger charge is -1.98. The Morgan fingerprint density at radius 2 is 1.36 bits per heavy atom. The summed E-state index contributed by atoms with van der Waals surface area (Å²) in [5, 5.41) is 0. The summed E-state index contributed by atoms with van der Waals surface area (Å²) in [6.07, 6.45) is 6.36. The standard InChI is InChI=1S/C10H14.C6H14.C3H8.C2H6.CH4/c1-3-5-10-7-4-6-9(2)8-10;1-4-6(3)5-2;1-3-2;1-2;/h4,6-8H,3,5H2,1-2H3;6H,4-5H2,1-3H3;3H2,1-2H3;1-2H3;1H4. The van der Waals surface area contributed by atoms with Crippen molar-refractivity contribution in [2.24, 2.45) is 5.92 Å². The Hall–Kier alpha value is -0.780. The van der Waals surface area contributed by atoms with Crippen LogP contribution in [-0.2, 0) is 6.42 Å². The molecule has 0 N–H and O–H groups in total. The molecule has 22 heavy (non-hydrogen) atoms. The number of hydrogen-bond donors (Lipinski definition) is 0. The zero-order chi connectivity index (χ0) is 17.1. The molecule has 0 amide bonds. The molecule has 0 nitrogen and oxygen atoms in total. The van der Waals surface area contributed by atoms with Crippen molar-refractivity contribution in [3.63, 3.8) is 0 Å². The molecule has 0 heteroatoms. The Bertz CT molecular complexity index is 271. The Kier molecular flexibility index (Phi) is 33.5. The van der Waals surface area contributed by atoms with Gasteiger partial charge in [0.05, 0.1) is 0 Å². The van der Waals surface area contributed by atoms with Crippen molar-refractivity contribution in [2.45, 2.75) is 102 Å². The van der Waals surface area contributed by atoms with Crippen LogP contribution in [0.15, 0.2) is 24.3 Å². The molecule has 134 valence electrons. The van der Waals surface area contributed by atoms with Crippen LogP contribution >= 0.6 is 0 Å². The van der Waals surface area contributed by atoms with E-state index < -0.39 is 0 Å². The van der Waals surface area contributed by atoms with Crippen LogP contribution in [-0.4, -0.2) is 0 Å². The fraction of sp³-hybridized carbons (Fsp3) is 0.727. The van der Waals surface area contributed by atoms with Gasteiger partial charge in [0.1, 0.15) is 0 Å². The van der Waals surface area contributed by atoms with Crippen LogP contribution in [0.5, 0.6) is 0 Å².